The lowest BCUT2D eigenvalue weighted by molar-refractivity contribution is 0.203. The first-order valence-electron chi connectivity index (χ1n) is 6.27. The normalized spacial score (nSPS) is 24.7. The summed E-state index contributed by atoms with van der Waals surface area (Å²) >= 11 is 0. The quantitative estimate of drug-likeness (QED) is 0.701. The Morgan fingerprint density at radius 3 is 2.47 bits per heavy atom. The maximum atomic E-state index is 5.31. The van der Waals surface area contributed by atoms with Crippen LogP contribution in [0.25, 0.3) is 0 Å². The Hall–Kier alpha value is -0.520. The second-order valence-electron chi connectivity index (χ2n) is 4.96. The Kier molecular flexibility index (Phi) is 4.05. The fourth-order valence-electron chi connectivity index (χ4n) is 2.45. The highest BCUT2D eigenvalue weighted by Gasteiger charge is 2.21. The molecule has 0 aromatic heterocycles. The van der Waals surface area contributed by atoms with E-state index in [2.05, 4.69) is 16.1 Å². The number of piperidine rings is 1. The van der Waals surface area contributed by atoms with E-state index < -0.39 is 0 Å². The summed E-state index contributed by atoms with van der Waals surface area (Å²) in [5.74, 6) is 3.71. The summed E-state index contributed by atoms with van der Waals surface area (Å²) in [6.07, 6.45) is 12.2. The monoisotopic (exact) mass is 206 g/mol. The van der Waals surface area contributed by atoms with Crippen LogP contribution in [0.15, 0.2) is 0 Å². The van der Waals surface area contributed by atoms with Gasteiger partial charge in [0.15, 0.2) is 0 Å². The number of nitrogens with zero attached hydrogens (tertiary/aromatic N) is 1. The molecule has 0 bridgehead atoms. The predicted octanol–water partition coefficient (Wildman–Crippen LogP) is 1.47. The second kappa shape index (κ2) is 5.53. The van der Waals surface area contributed by atoms with E-state index in [1.807, 2.05) is 0 Å². The summed E-state index contributed by atoms with van der Waals surface area (Å²) in [6.45, 7) is 4.42. The molecule has 0 unspecified atom stereocenters. The molecule has 0 aromatic carbocycles. The highest BCUT2D eigenvalue weighted by atomic mass is 15.1. The van der Waals surface area contributed by atoms with Gasteiger partial charge in [-0.3, -0.25) is 4.90 Å². The van der Waals surface area contributed by atoms with Crippen LogP contribution in [-0.4, -0.2) is 37.1 Å². The van der Waals surface area contributed by atoms with E-state index in [1.165, 1.54) is 51.7 Å². The molecule has 84 valence electrons. The first-order chi connectivity index (χ1) is 7.38. The van der Waals surface area contributed by atoms with Crippen LogP contribution in [0, 0.1) is 18.3 Å². The molecule has 2 aliphatic rings. The van der Waals surface area contributed by atoms with Crippen molar-refractivity contribution in [1.29, 1.82) is 0 Å². The lowest BCUT2D eigenvalue weighted by Gasteiger charge is -2.33. The third-order valence-corrected chi connectivity index (χ3v) is 3.82. The lowest BCUT2D eigenvalue weighted by atomic mass is 9.85. The van der Waals surface area contributed by atoms with Crippen molar-refractivity contribution in [2.45, 2.75) is 38.1 Å². The van der Waals surface area contributed by atoms with Gasteiger partial charge < -0.3 is 5.32 Å². The molecule has 1 aliphatic heterocycles. The fraction of sp³-hybridized carbons (Fsp3) is 0.846. The molecule has 0 aromatic rings. The molecular formula is C13H22N2. The smallest absolute Gasteiger partial charge is 0.0598 e. The van der Waals surface area contributed by atoms with E-state index in [1.54, 1.807) is 0 Å². The van der Waals surface area contributed by atoms with Crippen LogP contribution < -0.4 is 5.32 Å². The number of rotatable bonds is 4. The van der Waals surface area contributed by atoms with Gasteiger partial charge in [-0.1, -0.05) is 12.3 Å². The van der Waals surface area contributed by atoms with Crippen molar-refractivity contribution in [3.8, 4) is 12.3 Å². The first kappa shape index (κ1) is 11.0. The van der Waals surface area contributed by atoms with Crippen LogP contribution in [0.2, 0.25) is 0 Å². The molecule has 1 N–H and O–H groups in total. The topological polar surface area (TPSA) is 15.3 Å². The zero-order chi connectivity index (χ0) is 10.5. The molecule has 1 heterocycles. The van der Waals surface area contributed by atoms with Crippen molar-refractivity contribution < 1.29 is 0 Å². The van der Waals surface area contributed by atoms with Gasteiger partial charge >= 0.3 is 0 Å². The van der Waals surface area contributed by atoms with E-state index in [0.717, 1.165) is 18.5 Å². The number of nitrogens with one attached hydrogen (secondary N) is 1. The molecule has 0 atom stereocenters. The van der Waals surface area contributed by atoms with Gasteiger partial charge in [-0.2, -0.15) is 0 Å². The summed E-state index contributed by atoms with van der Waals surface area (Å²) in [5, 5.41) is 3.71. The molecule has 0 spiro atoms. The molecule has 1 aliphatic carbocycles. The summed E-state index contributed by atoms with van der Waals surface area (Å²) in [4.78, 5) is 2.38. The zero-order valence-corrected chi connectivity index (χ0v) is 9.54. The number of hydrogen-bond donors (Lipinski definition) is 1. The highest BCUT2D eigenvalue weighted by Crippen LogP contribution is 2.25. The van der Waals surface area contributed by atoms with Gasteiger partial charge in [0.2, 0.25) is 0 Å². The Bertz CT molecular complexity index is 219. The minimum absolute atomic E-state index is 0.750. The molecule has 0 radical (unpaired) electrons. The Balaban J connectivity index is 1.58. The van der Waals surface area contributed by atoms with Crippen molar-refractivity contribution in [3.05, 3.63) is 0 Å². The zero-order valence-electron chi connectivity index (χ0n) is 9.54. The average molecular weight is 206 g/mol. The van der Waals surface area contributed by atoms with E-state index in [4.69, 9.17) is 6.42 Å². The minimum atomic E-state index is 0.750. The minimum Gasteiger partial charge on any atom is -0.314 e. The van der Waals surface area contributed by atoms with E-state index in [0.29, 0.717) is 0 Å². The Morgan fingerprint density at radius 2 is 1.93 bits per heavy atom. The van der Waals surface area contributed by atoms with Gasteiger partial charge in [0.25, 0.3) is 0 Å². The number of hydrogen-bond acceptors (Lipinski definition) is 2. The van der Waals surface area contributed by atoms with E-state index in [9.17, 15) is 0 Å². The van der Waals surface area contributed by atoms with Crippen LogP contribution in [0.1, 0.15) is 32.1 Å². The van der Waals surface area contributed by atoms with Gasteiger partial charge in [-0.05, 0) is 38.1 Å². The van der Waals surface area contributed by atoms with Gasteiger partial charge in [0.05, 0.1) is 6.54 Å². The van der Waals surface area contributed by atoms with Crippen molar-refractivity contribution in [2.75, 3.05) is 26.2 Å². The first-order valence-corrected chi connectivity index (χ1v) is 6.27. The van der Waals surface area contributed by atoms with E-state index >= 15 is 0 Å². The van der Waals surface area contributed by atoms with Crippen molar-refractivity contribution in [1.82, 2.24) is 10.2 Å². The molecule has 15 heavy (non-hydrogen) atoms. The largest absolute Gasteiger partial charge is 0.314 e. The fourth-order valence-corrected chi connectivity index (χ4v) is 2.45. The second-order valence-corrected chi connectivity index (χ2v) is 4.96. The molecule has 2 fully saturated rings. The van der Waals surface area contributed by atoms with Crippen molar-refractivity contribution in [2.24, 2.45) is 5.92 Å². The van der Waals surface area contributed by atoms with Gasteiger partial charge in [0, 0.05) is 19.1 Å². The molecule has 1 saturated carbocycles. The van der Waals surface area contributed by atoms with Crippen LogP contribution in [0.4, 0.5) is 0 Å². The third kappa shape index (κ3) is 3.22. The van der Waals surface area contributed by atoms with E-state index in [-0.39, 0.29) is 0 Å². The summed E-state index contributed by atoms with van der Waals surface area (Å²) in [7, 11) is 0. The van der Waals surface area contributed by atoms with Gasteiger partial charge in [-0.25, -0.2) is 0 Å². The SMILES string of the molecule is C#CCN1CCC(NCC2CCC2)CC1. The Morgan fingerprint density at radius 1 is 1.20 bits per heavy atom. The van der Waals surface area contributed by atoms with Crippen LogP contribution in [-0.2, 0) is 0 Å². The maximum Gasteiger partial charge on any atom is 0.0598 e. The van der Waals surface area contributed by atoms with Crippen LogP contribution >= 0.6 is 0 Å². The molecular weight excluding hydrogens is 184 g/mol. The lowest BCUT2D eigenvalue weighted by Crippen LogP contribution is -2.44. The Labute approximate surface area is 93.4 Å². The molecule has 2 heteroatoms. The van der Waals surface area contributed by atoms with Crippen LogP contribution in [0.5, 0.6) is 0 Å². The predicted molar refractivity (Wildman–Crippen MR) is 63.6 cm³/mol. The summed E-state index contributed by atoms with van der Waals surface area (Å²) < 4.78 is 0. The van der Waals surface area contributed by atoms with Crippen molar-refractivity contribution >= 4 is 0 Å². The molecule has 1 saturated heterocycles. The molecule has 0 amide bonds. The van der Waals surface area contributed by atoms with Crippen molar-refractivity contribution in [3.63, 3.8) is 0 Å². The maximum absolute atomic E-state index is 5.31. The molecule has 2 nitrogen and oxygen atoms in total. The average Bonchev–Trinajstić information content (AvgIpc) is 2.19. The van der Waals surface area contributed by atoms with Crippen LogP contribution in [0.3, 0.4) is 0 Å². The third-order valence-electron chi connectivity index (χ3n) is 3.82. The standard InChI is InChI=1S/C13H22N2/c1-2-8-15-9-6-13(7-10-15)14-11-12-4-3-5-12/h1,12-14H,3-11H2. The van der Waals surface area contributed by atoms with Gasteiger partial charge in [-0.15, -0.1) is 6.42 Å². The summed E-state index contributed by atoms with van der Waals surface area (Å²) in [5.41, 5.74) is 0. The highest BCUT2D eigenvalue weighted by molar-refractivity contribution is 4.90. The number of terminal acetylenes is 1. The number of likely N-dealkylation sites (tertiary alicyclic amines) is 1. The molecule has 2 rings (SSSR count). The van der Waals surface area contributed by atoms with Gasteiger partial charge in [0.1, 0.15) is 0 Å². The summed E-state index contributed by atoms with van der Waals surface area (Å²) in [6, 6.07) is 0.750.